The summed E-state index contributed by atoms with van der Waals surface area (Å²) >= 11 is 1.65. The number of nitrogens with two attached hydrogens (primary N) is 1. The summed E-state index contributed by atoms with van der Waals surface area (Å²) in [5.41, 5.74) is 8.04. The van der Waals surface area contributed by atoms with E-state index in [-0.39, 0.29) is 30.5 Å². The number of amides is 1. The molecule has 0 spiro atoms. The summed E-state index contributed by atoms with van der Waals surface area (Å²) in [5, 5.41) is 5.21. The number of benzene rings is 1. The summed E-state index contributed by atoms with van der Waals surface area (Å²) in [4.78, 5) is 13.8. The third kappa shape index (κ3) is 4.86. The van der Waals surface area contributed by atoms with Crippen molar-refractivity contribution in [2.45, 2.75) is 50.9 Å². The second-order valence-corrected chi connectivity index (χ2v) is 7.82. The smallest absolute Gasteiger partial charge is 0.249 e. The van der Waals surface area contributed by atoms with E-state index in [9.17, 15) is 4.79 Å². The summed E-state index contributed by atoms with van der Waals surface area (Å²) in [5.74, 6) is 0.436. The maximum Gasteiger partial charge on any atom is 0.249 e. The number of carbonyl (C=O) groups excluding carboxylic acids is 1. The molecule has 0 saturated carbocycles. The Balaban J connectivity index is 0.00000243. The number of hydrogen-bond acceptors (Lipinski definition) is 4. The molecule has 4 nitrogen and oxygen atoms in total. The van der Waals surface area contributed by atoms with Gasteiger partial charge in [-0.25, -0.2) is 0 Å². The lowest BCUT2D eigenvalue weighted by Crippen LogP contribution is -2.38. The van der Waals surface area contributed by atoms with Crippen molar-refractivity contribution in [1.29, 1.82) is 0 Å². The van der Waals surface area contributed by atoms with Crippen LogP contribution in [-0.4, -0.2) is 24.7 Å². The van der Waals surface area contributed by atoms with E-state index in [1.807, 2.05) is 11.4 Å². The molecular formula is C20H27ClN2O2S. The molecule has 3 N–H and O–H groups in total. The van der Waals surface area contributed by atoms with E-state index in [0.717, 1.165) is 23.3 Å². The number of halogens is 1. The van der Waals surface area contributed by atoms with Gasteiger partial charge in [-0.3, -0.25) is 4.79 Å². The molecule has 2 heterocycles. The van der Waals surface area contributed by atoms with E-state index in [4.69, 9.17) is 10.5 Å². The number of ether oxygens (including phenoxy) is 1. The molecule has 1 aromatic carbocycles. The molecule has 6 heteroatoms. The molecule has 1 amide bonds. The third-order valence-electron chi connectivity index (χ3n) is 4.71. The van der Waals surface area contributed by atoms with Crippen molar-refractivity contribution in [2.24, 2.45) is 5.73 Å². The van der Waals surface area contributed by atoms with Crippen molar-refractivity contribution < 1.29 is 9.53 Å². The van der Waals surface area contributed by atoms with Crippen molar-refractivity contribution in [3.8, 4) is 0 Å². The SMILES string of the molecule is CC(C)c1ccc(C(NC(=O)[C@@H]2CC[C@H](CN)O2)c2cccs2)cc1.Cl. The summed E-state index contributed by atoms with van der Waals surface area (Å²) < 4.78 is 5.74. The third-order valence-corrected chi connectivity index (χ3v) is 5.65. The van der Waals surface area contributed by atoms with Crippen LogP contribution in [0, 0.1) is 0 Å². The minimum absolute atomic E-state index is 0. The van der Waals surface area contributed by atoms with Crippen LogP contribution in [-0.2, 0) is 9.53 Å². The zero-order valence-electron chi connectivity index (χ0n) is 15.2. The van der Waals surface area contributed by atoms with Crippen LogP contribution in [0.4, 0.5) is 0 Å². The highest BCUT2D eigenvalue weighted by Gasteiger charge is 2.31. The van der Waals surface area contributed by atoms with Crippen molar-refractivity contribution in [2.75, 3.05) is 6.54 Å². The first kappa shape index (κ1) is 20.9. The van der Waals surface area contributed by atoms with Crippen molar-refractivity contribution in [3.63, 3.8) is 0 Å². The molecule has 1 aliphatic heterocycles. The fourth-order valence-electron chi connectivity index (χ4n) is 3.15. The second kappa shape index (κ2) is 9.51. The Kier molecular flexibility index (Phi) is 7.65. The van der Waals surface area contributed by atoms with E-state index in [1.165, 1.54) is 5.56 Å². The van der Waals surface area contributed by atoms with Crippen LogP contribution < -0.4 is 11.1 Å². The Morgan fingerprint density at radius 1 is 1.23 bits per heavy atom. The van der Waals surface area contributed by atoms with Gasteiger partial charge in [0.05, 0.1) is 12.1 Å². The molecule has 1 aliphatic rings. The first-order valence-electron chi connectivity index (χ1n) is 8.87. The number of carbonyl (C=O) groups is 1. The largest absolute Gasteiger partial charge is 0.364 e. The Bertz CT molecular complexity index is 688. The number of nitrogens with one attached hydrogen (secondary N) is 1. The average molecular weight is 395 g/mol. The fraction of sp³-hybridized carbons (Fsp3) is 0.450. The molecular weight excluding hydrogens is 368 g/mol. The number of thiophene rings is 1. The van der Waals surface area contributed by atoms with Gasteiger partial charge in [-0.2, -0.15) is 0 Å². The first-order valence-corrected chi connectivity index (χ1v) is 9.75. The van der Waals surface area contributed by atoms with E-state index in [2.05, 4.69) is 49.5 Å². The maximum absolute atomic E-state index is 12.7. The highest BCUT2D eigenvalue weighted by molar-refractivity contribution is 7.10. The molecule has 0 radical (unpaired) electrons. The Hall–Kier alpha value is -1.40. The van der Waals surface area contributed by atoms with Crippen molar-refractivity contribution in [3.05, 3.63) is 57.8 Å². The van der Waals surface area contributed by atoms with Gasteiger partial charge in [0.15, 0.2) is 0 Å². The Morgan fingerprint density at radius 3 is 2.46 bits per heavy atom. The normalized spacial score (nSPS) is 20.6. The lowest BCUT2D eigenvalue weighted by molar-refractivity contribution is -0.132. The van der Waals surface area contributed by atoms with Gasteiger partial charge in [-0.05, 0) is 41.3 Å². The van der Waals surface area contributed by atoms with Crippen LogP contribution in [0.25, 0.3) is 0 Å². The second-order valence-electron chi connectivity index (χ2n) is 6.84. The quantitative estimate of drug-likeness (QED) is 0.778. The highest BCUT2D eigenvalue weighted by Crippen LogP contribution is 2.28. The van der Waals surface area contributed by atoms with E-state index in [1.54, 1.807) is 11.3 Å². The van der Waals surface area contributed by atoms with Crippen LogP contribution >= 0.6 is 23.7 Å². The predicted molar refractivity (Wildman–Crippen MR) is 109 cm³/mol. The molecule has 0 bridgehead atoms. The van der Waals surface area contributed by atoms with Gasteiger partial charge in [0.1, 0.15) is 6.10 Å². The van der Waals surface area contributed by atoms with Gasteiger partial charge < -0.3 is 15.8 Å². The van der Waals surface area contributed by atoms with Crippen LogP contribution in [0.5, 0.6) is 0 Å². The summed E-state index contributed by atoms with van der Waals surface area (Å²) in [6.07, 6.45) is 1.19. The van der Waals surface area contributed by atoms with Gasteiger partial charge in [-0.15, -0.1) is 23.7 Å². The molecule has 3 atom stereocenters. The summed E-state index contributed by atoms with van der Waals surface area (Å²) in [6.45, 7) is 4.83. The van der Waals surface area contributed by atoms with E-state index < -0.39 is 6.10 Å². The van der Waals surface area contributed by atoms with Crippen LogP contribution in [0.15, 0.2) is 41.8 Å². The minimum Gasteiger partial charge on any atom is -0.364 e. The number of hydrogen-bond donors (Lipinski definition) is 2. The van der Waals surface area contributed by atoms with Crippen LogP contribution in [0.1, 0.15) is 54.7 Å². The van der Waals surface area contributed by atoms with Gasteiger partial charge in [0.2, 0.25) is 5.91 Å². The monoisotopic (exact) mass is 394 g/mol. The molecule has 1 fully saturated rings. The summed E-state index contributed by atoms with van der Waals surface area (Å²) in [7, 11) is 0. The first-order chi connectivity index (χ1) is 12.1. The molecule has 1 unspecified atom stereocenters. The Morgan fingerprint density at radius 2 is 1.92 bits per heavy atom. The molecule has 2 aromatic rings. The minimum atomic E-state index is -0.397. The molecule has 142 valence electrons. The lowest BCUT2D eigenvalue weighted by atomic mass is 9.98. The zero-order valence-corrected chi connectivity index (χ0v) is 16.8. The standard InChI is InChI=1S/C20H26N2O2S.ClH/c1-13(2)14-5-7-15(8-6-14)19(18-4-3-11-25-18)22-20(23)17-10-9-16(12-21)24-17;/h3-8,11,13,16-17,19H,9-10,12,21H2,1-2H3,(H,22,23);1H/t16-,17+,19?;/m1./s1. The lowest BCUT2D eigenvalue weighted by Gasteiger charge is -2.21. The highest BCUT2D eigenvalue weighted by atomic mass is 35.5. The molecule has 1 saturated heterocycles. The predicted octanol–water partition coefficient (Wildman–Crippen LogP) is 4.01. The van der Waals surface area contributed by atoms with Gasteiger partial charge >= 0.3 is 0 Å². The van der Waals surface area contributed by atoms with Crippen LogP contribution in [0.3, 0.4) is 0 Å². The van der Waals surface area contributed by atoms with Gasteiger partial charge in [-0.1, -0.05) is 44.2 Å². The van der Waals surface area contributed by atoms with E-state index in [0.29, 0.717) is 12.5 Å². The van der Waals surface area contributed by atoms with Crippen molar-refractivity contribution >= 4 is 29.7 Å². The maximum atomic E-state index is 12.7. The van der Waals surface area contributed by atoms with E-state index >= 15 is 0 Å². The average Bonchev–Trinajstić information content (AvgIpc) is 3.31. The molecule has 0 aliphatic carbocycles. The van der Waals surface area contributed by atoms with Crippen molar-refractivity contribution in [1.82, 2.24) is 5.32 Å². The topological polar surface area (TPSA) is 64.4 Å². The molecule has 1 aromatic heterocycles. The zero-order chi connectivity index (χ0) is 17.8. The fourth-order valence-corrected chi connectivity index (χ4v) is 3.96. The molecule has 26 heavy (non-hydrogen) atoms. The van der Waals surface area contributed by atoms with Crippen LogP contribution in [0.2, 0.25) is 0 Å². The summed E-state index contributed by atoms with van der Waals surface area (Å²) in [6, 6.07) is 12.4. The number of rotatable bonds is 6. The molecule has 3 rings (SSSR count). The Labute approximate surface area is 165 Å². The van der Waals surface area contributed by atoms with Gasteiger partial charge in [0, 0.05) is 11.4 Å². The van der Waals surface area contributed by atoms with Gasteiger partial charge in [0.25, 0.3) is 0 Å².